The van der Waals surface area contributed by atoms with Crippen LogP contribution in [0.4, 0.5) is 0 Å². The van der Waals surface area contributed by atoms with Gasteiger partial charge in [-0.25, -0.2) is 4.79 Å². The fraction of sp³-hybridized carbons (Fsp3) is 0.800. The average Bonchev–Trinajstić information content (AvgIpc) is 2.59. The minimum absolute atomic E-state index is 0.332. The zero-order valence-electron chi connectivity index (χ0n) is 14.9. The number of nitrogens with one attached hydrogen (secondary N) is 2. The number of aliphatic carboxylic acids is 1. The van der Waals surface area contributed by atoms with E-state index in [1.54, 1.807) is 23.5 Å². The van der Waals surface area contributed by atoms with Crippen LogP contribution in [0.1, 0.15) is 19.3 Å². The second-order valence-electron chi connectivity index (χ2n) is 5.41. The predicted molar refractivity (Wildman–Crippen MR) is 108 cm³/mol. The van der Waals surface area contributed by atoms with Crippen LogP contribution in [0.25, 0.3) is 0 Å². The molecule has 146 valence electrons. The van der Waals surface area contributed by atoms with Crippen molar-refractivity contribution in [2.45, 2.75) is 37.4 Å². The lowest BCUT2D eigenvalue weighted by atomic mass is 10.1. The van der Waals surface area contributed by atoms with Gasteiger partial charge in [-0.2, -0.15) is 35.3 Å². The van der Waals surface area contributed by atoms with Crippen LogP contribution in [-0.4, -0.2) is 77.0 Å². The van der Waals surface area contributed by atoms with Crippen LogP contribution in [0.5, 0.6) is 0 Å². The second-order valence-corrected chi connectivity index (χ2v) is 8.37. The lowest BCUT2D eigenvalue weighted by Gasteiger charge is -2.22. The molecule has 0 heterocycles. The number of hydrogen-bond acceptors (Lipinski definition) is 7. The van der Waals surface area contributed by atoms with Gasteiger partial charge in [-0.05, 0) is 55.3 Å². The molecule has 0 aliphatic heterocycles. The Morgan fingerprint density at radius 3 is 1.76 bits per heavy atom. The Kier molecular flexibility index (Phi) is 14.2. The first kappa shape index (κ1) is 24.4. The number of carboxylic acids is 1. The third-order valence-corrected chi connectivity index (χ3v) is 5.37. The van der Waals surface area contributed by atoms with E-state index in [1.165, 1.54) is 11.8 Å². The summed E-state index contributed by atoms with van der Waals surface area (Å²) >= 11 is 4.66. The van der Waals surface area contributed by atoms with Crippen LogP contribution in [0.2, 0.25) is 0 Å². The third-order valence-electron chi connectivity index (χ3n) is 3.44. The molecule has 3 atom stereocenters. The van der Waals surface area contributed by atoms with Crippen LogP contribution >= 0.6 is 35.3 Å². The summed E-state index contributed by atoms with van der Waals surface area (Å²) in [5, 5.41) is 14.4. The molecule has 0 aliphatic carbocycles. The van der Waals surface area contributed by atoms with Crippen LogP contribution in [0.3, 0.4) is 0 Å². The first-order chi connectivity index (χ1) is 11.9. The van der Waals surface area contributed by atoms with Gasteiger partial charge < -0.3 is 21.5 Å². The Morgan fingerprint density at radius 1 is 0.840 bits per heavy atom. The summed E-state index contributed by atoms with van der Waals surface area (Å²) in [5.41, 5.74) is 5.84. The van der Waals surface area contributed by atoms with E-state index in [1.807, 2.05) is 18.8 Å². The van der Waals surface area contributed by atoms with E-state index in [2.05, 4.69) is 10.6 Å². The number of carbonyl (C=O) groups is 3. The molecule has 0 bridgehead atoms. The summed E-state index contributed by atoms with van der Waals surface area (Å²) in [4.78, 5) is 35.9. The minimum Gasteiger partial charge on any atom is -0.480 e. The van der Waals surface area contributed by atoms with E-state index in [4.69, 9.17) is 5.73 Å². The summed E-state index contributed by atoms with van der Waals surface area (Å²) in [5.74, 6) is 0.110. The maximum absolute atomic E-state index is 12.4. The first-order valence-electron chi connectivity index (χ1n) is 7.93. The van der Waals surface area contributed by atoms with E-state index in [0.29, 0.717) is 30.8 Å². The van der Waals surface area contributed by atoms with Gasteiger partial charge in [-0.3, -0.25) is 9.59 Å². The molecule has 0 aromatic heterocycles. The fourth-order valence-electron chi connectivity index (χ4n) is 1.92. The van der Waals surface area contributed by atoms with Crippen molar-refractivity contribution >= 4 is 53.1 Å². The van der Waals surface area contributed by atoms with Crippen molar-refractivity contribution < 1.29 is 19.5 Å². The largest absolute Gasteiger partial charge is 0.480 e. The quantitative estimate of drug-likeness (QED) is 0.328. The summed E-state index contributed by atoms with van der Waals surface area (Å²) in [7, 11) is 0. The highest BCUT2D eigenvalue weighted by Gasteiger charge is 2.27. The second kappa shape index (κ2) is 14.6. The monoisotopic (exact) mass is 411 g/mol. The smallest absolute Gasteiger partial charge is 0.326 e. The first-order valence-corrected chi connectivity index (χ1v) is 12.1. The molecule has 0 radical (unpaired) electrons. The van der Waals surface area contributed by atoms with Crippen molar-refractivity contribution in [1.29, 1.82) is 0 Å². The third kappa shape index (κ3) is 10.9. The Labute approximate surface area is 162 Å². The molecule has 5 N–H and O–H groups in total. The average molecular weight is 412 g/mol. The number of nitrogens with two attached hydrogens (primary N) is 1. The molecule has 25 heavy (non-hydrogen) atoms. The maximum atomic E-state index is 12.4. The van der Waals surface area contributed by atoms with Crippen LogP contribution in [0.15, 0.2) is 0 Å². The van der Waals surface area contributed by atoms with Crippen molar-refractivity contribution in [2.75, 3.05) is 36.0 Å². The van der Waals surface area contributed by atoms with E-state index in [9.17, 15) is 19.5 Å². The van der Waals surface area contributed by atoms with E-state index in [-0.39, 0.29) is 5.91 Å². The maximum Gasteiger partial charge on any atom is 0.326 e. The topological polar surface area (TPSA) is 122 Å². The highest BCUT2D eigenvalue weighted by Crippen LogP contribution is 2.06. The molecule has 2 amide bonds. The Morgan fingerprint density at radius 2 is 1.28 bits per heavy atom. The molecular formula is C15H29N3O4S3. The summed E-state index contributed by atoms with van der Waals surface area (Å²) < 4.78 is 0. The molecule has 7 nitrogen and oxygen atoms in total. The van der Waals surface area contributed by atoms with E-state index >= 15 is 0 Å². The molecule has 0 fully saturated rings. The van der Waals surface area contributed by atoms with Gasteiger partial charge in [-0.1, -0.05) is 0 Å². The normalized spacial score (nSPS) is 14.4. The highest BCUT2D eigenvalue weighted by atomic mass is 32.2. The van der Waals surface area contributed by atoms with Crippen molar-refractivity contribution in [3.05, 3.63) is 0 Å². The Balaban J connectivity index is 4.83. The number of amides is 2. The van der Waals surface area contributed by atoms with Crippen LogP contribution < -0.4 is 16.4 Å². The van der Waals surface area contributed by atoms with Gasteiger partial charge in [0.2, 0.25) is 11.8 Å². The predicted octanol–water partition coefficient (Wildman–Crippen LogP) is 0.627. The number of thioether (sulfide) groups is 3. The van der Waals surface area contributed by atoms with Crippen molar-refractivity contribution in [1.82, 2.24) is 10.6 Å². The number of carboxylic acid groups (broad SMARTS) is 1. The van der Waals surface area contributed by atoms with Gasteiger partial charge >= 0.3 is 5.97 Å². The molecule has 0 spiro atoms. The zero-order valence-corrected chi connectivity index (χ0v) is 17.4. The minimum atomic E-state index is -1.07. The fourth-order valence-corrected chi connectivity index (χ4v) is 3.36. The molecule has 0 rings (SSSR count). The van der Waals surface area contributed by atoms with Crippen molar-refractivity contribution in [3.8, 4) is 0 Å². The lowest BCUT2D eigenvalue weighted by Crippen LogP contribution is -2.54. The number of rotatable bonds is 14. The van der Waals surface area contributed by atoms with E-state index in [0.717, 1.165) is 5.75 Å². The van der Waals surface area contributed by atoms with Gasteiger partial charge in [0.25, 0.3) is 0 Å². The zero-order chi connectivity index (χ0) is 19.2. The summed E-state index contributed by atoms with van der Waals surface area (Å²) in [6.45, 7) is 0. The molecule has 0 aromatic carbocycles. The Bertz CT molecular complexity index is 427. The standard InChI is InChI=1S/C15H29N3O4S3/c1-23-7-4-10(16)13(19)17-11(5-8-24-2)14(20)18-12(15(21)22)6-9-25-3/h10-12H,4-9,16H2,1-3H3,(H,17,19)(H,18,20)(H,21,22)/t10-,11-,12-/m1/s1. The SMILES string of the molecule is CSCC[C@@H](N)C(=O)N[C@H](CCSC)C(=O)N[C@H](CCSC)C(=O)O. The Hall–Kier alpha value is -0.580. The van der Waals surface area contributed by atoms with Gasteiger partial charge in [0.05, 0.1) is 6.04 Å². The molecule has 0 saturated heterocycles. The van der Waals surface area contributed by atoms with Crippen LogP contribution in [-0.2, 0) is 14.4 Å². The van der Waals surface area contributed by atoms with Gasteiger partial charge in [-0.15, -0.1) is 0 Å². The summed E-state index contributed by atoms with van der Waals surface area (Å²) in [6.07, 6.45) is 6.98. The van der Waals surface area contributed by atoms with Gasteiger partial charge in [0, 0.05) is 0 Å². The molecule has 0 unspecified atom stereocenters. The molecule has 0 saturated carbocycles. The van der Waals surface area contributed by atoms with Crippen molar-refractivity contribution in [3.63, 3.8) is 0 Å². The van der Waals surface area contributed by atoms with Crippen molar-refractivity contribution in [2.24, 2.45) is 5.73 Å². The van der Waals surface area contributed by atoms with Gasteiger partial charge in [0.15, 0.2) is 0 Å². The molecule has 10 heteroatoms. The number of hydrogen-bond donors (Lipinski definition) is 4. The number of carbonyl (C=O) groups excluding carboxylic acids is 2. The van der Waals surface area contributed by atoms with Crippen LogP contribution in [0, 0.1) is 0 Å². The summed E-state index contributed by atoms with van der Waals surface area (Å²) in [6, 6.07) is -2.42. The van der Waals surface area contributed by atoms with E-state index < -0.39 is 30.0 Å². The molecular weight excluding hydrogens is 382 g/mol. The molecule has 0 aromatic rings. The highest BCUT2D eigenvalue weighted by molar-refractivity contribution is 7.98. The molecule has 0 aliphatic rings. The van der Waals surface area contributed by atoms with Gasteiger partial charge in [0.1, 0.15) is 12.1 Å². The lowest BCUT2D eigenvalue weighted by molar-refractivity contribution is -0.142.